The Hall–Kier alpha value is -0.470. The van der Waals surface area contributed by atoms with Crippen molar-refractivity contribution < 1.29 is 0 Å². The van der Waals surface area contributed by atoms with Crippen LogP contribution in [-0.4, -0.2) is 17.5 Å². The van der Waals surface area contributed by atoms with Gasteiger partial charge in [0.1, 0.15) is 0 Å². The van der Waals surface area contributed by atoms with Crippen molar-refractivity contribution in [3.05, 3.63) is 35.4 Å². The molecule has 0 fully saturated rings. The van der Waals surface area contributed by atoms with Gasteiger partial charge in [0.2, 0.25) is 0 Å². The summed E-state index contributed by atoms with van der Waals surface area (Å²) in [6.07, 6.45) is 5.80. The van der Waals surface area contributed by atoms with Crippen LogP contribution in [0.3, 0.4) is 0 Å². The molecule has 0 radical (unpaired) electrons. The summed E-state index contributed by atoms with van der Waals surface area (Å²) in [5.41, 5.74) is 2.80. The maximum atomic E-state index is 3.61. The van der Waals surface area contributed by atoms with Crippen LogP contribution in [0.2, 0.25) is 0 Å². The number of thioether (sulfide) groups is 1. The molecule has 1 N–H and O–H groups in total. The van der Waals surface area contributed by atoms with E-state index in [1.807, 2.05) is 11.8 Å². The van der Waals surface area contributed by atoms with E-state index < -0.39 is 0 Å². The molecule has 1 nitrogen and oxygen atoms in total. The first-order chi connectivity index (χ1) is 8.69. The fourth-order valence-corrected chi connectivity index (χ4v) is 3.01. The molecule has 0 amide bonds. The van der Waals surface area contributed by atoms with Gasteiger partial charge in [-0.3, -0.25) is 0 Å². The molecule has 1 aromatic carbocycles. The van der Waals surface area contributed by atoms with Gasteiger partial charge in [-0.1, -0.05) is 45.0 Å². The predicted octanol–water partition coefficient (Wildman–Crippen LogP) is 4.26. The topological polar surface area (TPSA) is 12.0 Å². The van der Waals surface area contributed by atoms with Gasteiger partial charge in [0.15, 0.2) is 0 Å². The molecule has 1 aromatic rings. The highest BCUT2D eigenvalue weighted by Gasteiger charge is 2.23. The van der Waals surface area contributed by atoms with E-state index in [9.17, 15) is 0 Å². The minimum absolute atomic E-state index is 0.406. The van der Waals surface area contributed by atoms with Gasteiger partial charge in [0.25, 0.3) is 0 Å². The summed E-state index contributed by atoms with van der Waals surface area (Å²) in [6, 6.07) is 8.95. The summed E-state index contributed by atoms with van der Waals surface area (Å²) in [4.78, 5) is 0. The van der Waals surface area contributed by atoms with Crippen molar-refractivity contribution in [2.75, 3.05) is 12.8 Å². The Morgan fingerprint density at radius 2 is 1.56 bits per heavy atom. The SMILES string of the molecule is CCc1ccc(CNCC(CC)(CC)SC)cc1. The molecule has 0 bridgehead atoms. The highest BCUT2D eigenvalue weighted by Crippen LogP contribution is 2.29. The lowest BCUT2D eigenvalue weighted by Crippen LogP contribution is -2.36. The Morgan fingerprint density at radius 1 is 1.00 bits per heavy atom. The van der Waals surface area contributed by atoms with Crippen LogP contribution in [0.25, 0.3) is 0 Å². The second-order valence-electron chi connectivity index (χ2n) is 4.87. The van der Waals surface area contributed by atoms with Crippen LogP contribution in [-0.2, 0) is 13.0 Å². The third-order valence-electron chi connectivity index (χ3n) is 3.93. The van der Waals surface area contributed by atoms with Crippen molar-refractivity contribution >= 4 is 11.8 Å². The van der Waals surface area contributed by atoms with Crippen molar-refractivity contribution in [2.24, 2.45) is 0 Å². The molecular weight excluding hydrogens is 238 g/mol. The number of hydrogen-bond donors (Lipinski definition) is 1. The number of benzene rings is 1. The maximum absolute atomic E-state index is 3.61. The molecule has 0 atom stereocenters. The van der Waals surface area contributed by atoms with Gasteiger partial charge in [-0.2, -0.15) is 11.8 Å². The Labute approximate surface area is 117 Å². The van der Waals surface area contributed by atoms with E-state index in [4.69, 9.17) is 0 Å². The van der Waals surface area contributed by atoms with Crippen LogP contribution >= 0.6 is 11.8 Å². The van der Waals surface area contributed by atoms with E-state index in [1.165, 1.54) is 24.0 Å². The molecule has 0 aromatic heterocycles. The molecule has 0 saturated carbocycles. The summed E-state index contributed by atoms with van der Waals surface area (Å²) in [7, 11) is 0. The minimum Gasteiger partial charge on any atom is -0.311 e. The highest BCUT2D eigenvalue weighted by molar-refractivity contribution is 8.00. The lowest BCUT2D eigenvalue weighted by atomic mass is 10.0. The van der Waals surface area contributed by atoms with Gasteiger partial charge < -0.3 is 5.32 Å². The summed E-state index contributed by atoms with van der Waals surface area (Å²) in [5.74, 6) is 0. The number of hydrogen-bond acceptors (Lipinski definition) is 2. The van der Waals surface area contributed by atoms with E-state index in [1.54, 1.807) is 0 Å². The summed E-state index contributed by atoms with van der Waals surface area (Å²) < 4.78 is 0.406. The zero-order valence-corrected chi connectivity index (χ0v) is 13.1. The first kappa shape index (κ1) is 15.6. The maximum Gasteiger partial charge on any atom is 0.0276 e. The molecule has 0 aliphatic heterocycles. The fraction of sp³-hybridized carbons (Fsp3) is 0.625. The molecule has 2 heteroatoms. The van der Waals surface area contributed by atoms with Crippen molar-refractivity contribution in [3.8, 4) is 0 Å². The van der Waals surface area contributed by atoms with Gasteiger partial charge in [0.05, 0.1) is 0 Å². The predicted molar refractivity (Wildman–Crippen MR) is 84.4 cm³/mol. The van der Waals surface area contributed by atoms with E-state index in [-0.39, 0.29) is 0 Å². The largest absolute Gasteiger partial charge is 0.311 e. The summed E-state index contributed by atoms with van der Waals surface area (Å²) in [5, 5.41) is 3.61. The zero-order valence-electron chi connectivity index (χ0n) is 12.3. The van der Waals surface area contributed by atoms with Gasteiger partial charge in [-0.05, 0) is 36.6 Å². The van der Waals surface area contributed by atoms with Crippen LogP contribution < -0.4 is 5.32 Å². The molecular formula is C16H27NS. The van der Waals surface area contributed by atoms with Crippen molar-refractivity contribution in [1.82, 2.24) is 5.32 Å². The van der Waals surface area contributed by atoms with Crippen LogP contribution in [0, 0.1) is 0 Å². The Bertz CT molecular complexity index is 319. The van der Waals surface area contributed by atoms with Crippen molar-refractivity contribution in [3.63, 3.8) is 0 Å². The minimum atomic E-state index is 0.406. The zero-order chi connectivity index (χ0) is 13.4. The average molecular weight is 265 g/mol. The smallest absolute Gasteiger partial charge is 0.0276 e. The molecule has 0 aliphatic carbocycles. The van der Waals surface area contributed by atoms with Crippen LogP contribution in [0.4, 0.5) is 0 Å². The van der Waals surface area contributed by atoms with Gasteiger partial charge >= 0.3 is 0 Å². The third kappa shape index (κ3) is 4.33. The lowest BCUT2D eigenvalue weighted by molar-refractivity contribution is 0.495. The number of aryl methyl sites for hydroxylation is 1. The van der Waals surface area contributed by atoms with Crippen LogP contribution in [0.15, 0.2) is 24.3 Å². The molecule has 0 saturated heterocycles. The molecule has 1 rings (SSSR count). The van der Waals surface area contributed by atoms with E-state index in [0.717, 1.165) is 19.5 Å². The van der Waals surface area contributed by atoms with Crippen molar-refractivity contribution in [2.45, 2.75) is 51.3 Å². The van der Waals surface area contributed by atoms with Crippen molar-refractivity contribution in [1.29, 1.82) is 0 Å². The van der Waals surface area contributed by atoms with Gasteiger partial charge in [-0.15, -0.1) is 0 Å². The Kier molecular flexibility index (Phi) is 6.80. The lowest BCUT2D eigenvalue weighted by Gasteiger charge is -2.30. The Morgan fingerprint density at radius 3 is 2.00 bits per heavy atom. The Balaban J connectivity index is 2.44. The normalized spacial score (nSPS) is 11.8. The molecule has 0 heterocycles. The second kappa shape index (κ2) is 7.85. The average Bonchev–Trinajstić information content (AvgIpc) is 2.45. The number of rotatable bonds is 8. The first-order valence-electron chi connectivity index (χ1n) is 7.03. The quantitative estimate of drug-likeness (QED) is 0.753. The third-order valence-corrected chi connectivity index (χ3v) is 5.52. The molecule has 102 valence electrons. The van der Waals surface area contributed by atoms with Crippen LogP contribution in [0.1, 0.15) is 44.7 Å². The fourth-order valence-electron chi connectivity index (χ4n) is 2.19. The first-order valence-corrected chi connectivity index (χ1v) is 8.25. The van der Waals surface area contributed by atoms with E-state index in [2.05, 4.69) is 56.6 Å². The highest BCUT2D eigenvalue weighted by atomic mass is 32.2. The standard InChI is InChI=1S/C16H27NS/c1-5-14-8-10-15(11-9-14)12-17-13-16(6-2,7-3)18-4/h8-11,17H,5-7,12-13H2,1-4H3. The van der Waals surface area contributed by atoms with E-state index in [0.29, 0.717) is 4.75 Å². The summed E-state index contributed by atoms with van der Waals surface area (Å²) >= 11 is 2.00. The molecule has 0 unspecified atom stereocenters. The molecule has 18 heavy (non-hydrogen) atoms. The van der Waals surface area contributed by atoms with Gasteiger partial charge in [0, 0.05) is 17.8 Å². The number of nitrogens with one attached hydrogen (secondary N) is 1. The summed E-state index contributed by atoms with van der Waals surface area (Å²) in [6.45, 7) is 8.85. The monoisotopic (exact) mass is 265 g/mol. The van der Waals surface area contributed by atoms with Gasteiger partial charge in [-0.25, -0.2) is 0 Å². The second-order valence-corrected chi connectivity index (χ2v) is 6.14. The van der Waals surface area contributed by atoms with E-state index >= 15 is 0 Å². The molecule has 0 spiro atoms. The van der Waals surface area contributed by atoms with Crippen LogP contribution in [0.5, 0.6) is 0 Å². The molecule has 0 aliphatic rings.